The van der Waals surface area contributed by atoms with Crippen molar-refractivity contribution in [1.29, 1.82) is 0 Å². The molecular weight excluding hydrogens is 236 g/mol. The molecule has 2 N–H and O–H groups in total. The van der Waals surface area contributed by atoms with Gasteiger partial charge in [0.15, 0.2) is 5.82 Å². The number of aromatic nitrogens is 3. The van der Waals surface area contributed by atoms with E-state index in [0.29, 0.717) is 5.92 Å². The second-order valence-electron chi connectivity index (χ2n) is 7.17. The molecule has 4 nitrogen and oxygen atoms in total. The predicted octanol–water partition coefficient (Wildman–Crippen LogP) is 2.20. The van der Waals surface area contributed by atoms with E-state index in [1.807, 2.05) is 18.7 Å². The molecule has 1 aromatic heterocycles. The van der Waals surface area contributed by atoms with Gasteiger partial charge in [0.25, 0.3) is 0 Å². The topological polar surface area (TPSA) is 56.7 Å². The van der Waals surface area contributed by atoms with Crippen LogP contribution in [0.15, 0.2) is 0 Å². The van der Waals surface area contributed by atoms with E-state index in [1.54, 1.807) is 0 Å². The van der Waals surface area contributed by atoms with Crippen molar-refractivity contribution in [3.63, 3.8) is 0 Å². The van der Waals surface area contributed by atoms with E-state index in [2.05, 4.69) is 10.1 Å². The summed E-state index contributed by atoms with van der Waals surface area (Å²) in [5.41, 5.74) is 6.56. The smallest absolute Gasteiger partial charge is 0.167 e. The number of hydrogen-bond donors (Lipinski definition) is 1. The molecule has 0 spiro atoms. The number of nitrogens with zero attached hydrogens (tertiary/aromatic N) is 3. The Hall–Kier alpha value is -0.900. The monoisotopic (exact) mass is 260 g/mol. The Morgan fingerprint density at radius 2 is 1.68 bits per heavy atom. The summed E-state index contributed by atoms with van der Waals surface area (Å²) in [5.74, 6) is 6.17. The van der Waals surface area contributed by atoms with Crippen LogP contribution in [0.5, 0.6) is 0 Å². The van der Waals surface area contributed by atoms with Gasteiger partial charge in [-0.05, 0) is 68.6 Å². The number of rotatable bonds is 2. The van der Waals surface area contributed by atoms with Crippen LogP contribution in [-0.2, 0) is 7.05 Å². The normalized spacial score (nSPS) is 41.7. The van der Waals surface area contributed by atoms with Gasteiger partial charge >= 0.3 is 0 Å². The van der Waals surface area contributed by atoms with Crippen LogP contribution in [-0.4, -0.2) is 14.8 Å². The first-order valence-corrected chi connectivity index (χ1v) is 7.75. The van der Waals surface area contributed by atoms with Crippen LogP contribution >= 0.6 is 0 Å². The zero-order valence-corrected chi connectivity index (χ0v) is 11.9. The molecule has 4 fully saturated rings. The molecule has 1 atom stereocenters. The first-order chi connectivity index (χ1) is 9.11. The van der Waals surface area contributed by atoms with Gasteiger partial charge in [0.1, 0.15) is 5.82 Å². The van der Waals surface area contributed by atoms with Crippen molar-refractivity contribution in [1.82, 2.24) is 14.8 Å². The molecule has 1 heterocycles. The van der Waals surface area contributed by atoms with Gasteiger partial charge in [-0.2, -0.15) is 5.10 Å². The zero-order chi connectivity index (χ0) is 13.1. The summed E-state index contributed by atoms with van der Waals surface area (Å²) in [7, 11) is 1.95. The molecule has 19 heavy (non-hydrogen) atoms. The Morgan fingerprint density at radius 1 is 1.11 bits per heavy atom. The molecule has 0 aliphatic heterocycles. The van der Waals surface area contributed by atoms with Crippen molar-refractivity contribution in [3.8, 4) is 0 Å². The zero-order valence-electron chi connectivity index (χ0n) is 11.9. The van der Waals surface area contributed by atoms with Crippen LogP contribution in [0.3, 0.4) is 0 Å². The van der Waals surface area contributed by atoms with Gasteiger partial charge in [0.2, 0.25) is 0 Å². The molecule has 1 unspecified atom stereocenters. The fourth-order valence-electron chi connectivity index (χ4n) is 5.35. The lowest BCUT2D eigenvalue weighted by Crippen LogP contribution is -2.48. The minimum atomic E-state index is 0.0508. The summed E-state index contributed by atoms with van der Waals surface area (Å²) < 4.78 is 1.85. The Morgan fingerprint density at radius 3 is 2.16 bits per heavy atom. The third-order valence-corrected chi connectivity index (χ3v) is 6.01. The van der Waals surface area contributed by atoms with Gasteiger partial charge in [0.05, 0.1) is 6.04 Å². The van der Waals surface area contributed by atoms with E-state index in [9.17, 15) is 0 Å². The van der Waals surface area contributed by atoms with E-state index in [0.717, 1.165) is 35.3 Å². The second-order valence-corrected chi connectivity index (χ2v) is 7.17. The van der Waals surface area contributed by atoms with Gasteiger partial charge in [-0.25, -0.2) is 4.98 Å². The third kappa shape index (κ3) is 1.76. The Kier molecular flexibility index (Phi) is 2.53. The van der Waals surface area contributed by atoms with Crippen molar-refractivity contribution < 1.29 is 0 Å². The van der Waals surface area contributed by atoms with E-state index in [4.69, 9.17) is 5.73 Å². The standard InChI is InChI=1S/C15H24N4/c1-8-17-15(18-19(8)2)14(16)13-11-4-9-3-10(6-11)7-12(13)5-9/h9-14H,3-7,16H2,1-2H3. The maximum Gasteiger partial charge on any atom is 0.167 e. The molecule has 4 aliphatic carbocycles. The maximum atomic E-state index is 6.56. The number of nitrogens with two attached hydrogens (primary N) is 1. The highest BCUT2D eigenvalue weighted by Crippen LogP contribution is 2.58. The first kappa shape index (κ1) is 11.9. The molecule has 4 bridgehead atoms. The van der Waals surface area contributed by atoms with Gasteiger partial charge < -0.3 is 5.73 Å². The minimum absolute atomic E-state index is 0.0508. The van der Waals surface area contributed by atoms with Gasteiger partial charge in [0, 0.05) is 7.05 Å². The van der Waals surface area contributed by atoms with E-state index < -0.39 is 0 Å². The van der Waals surface area contributed by atoms with Crippen LogP contribution in [0.4, 0.5) is 0 Å². The van der Waals surface area contributed by atoms with Crippen molar-refractivity contribution in [3.05, 3.63) is 11.6 Å². The highest BCUT2D eigenvalue weighted by Gasteiger charge is 2.50. The summed E-state index contributed by atoms with van der Waals surface area (Å²) in [6.45, 7) is 2.00. The fourth-order valence-corrected chi connectivity index (χ4v) is 5.35. The lowest BCUT2D eigenvalue weighted by atomic mass is 9.50. The SMILES string of the molecule is Cc1nc(C(N)C2C3CC4CC(C3)CC2C4)nn1C. The van der Waals surface area contributed by atoms with Gasteiger partial charge in [-0.3, -0.25) is 4.68 Å². The highest BCUT2D eigenvalue weighted by molar-refractivity contribution is 5.06. The van der Waals surface area contributed by atoms with E-state index >= 15 is 0 Å². The minimum Gasteiger partial charge on any atom is -0.321 e. The molecule has 104 valence electrons. The van der Waals surface area contributed by atoms with Crippen molar-refractivity contribution in [2.24, 2.45) is 42.4 Å². The summed E-state index contributed by atoms with van der Waals surface area (Å²) in [4.78, 5) is 4.57. The van der Waals surface area contributed by atoms with Crippen LogP contribution in [0.2, 0.25) is 0 Å². The Bertz CT molecular complexity index is 445. The molecular formula is C15H24N4. The Balaban J connectivity index is 1.61. The molecule has 0 amide bonds. The quantitative estimate of drug-likeness (QED) is 0.887. The molecule has 4 saturated carbocycles. The van der Waals surface area contributed by atoms with Crippen LogP contribution in [0, 0.1) is 36.5 Å². The largest absolute Gasteiger partial charge is 0.321 e. The predicted molar refractivity (Wildman–Crippen MR) is 73.2 cm³/mol. The van der Waals surface area contributed by atoms with Crippen LogP contribution in [0.1, 0.15) is 49.8 Å². The van der Waals surface area contributed by atoms with Crippen molar-refractivity contribution >= 4 is 0 Å². The molecule has 0 radical (unpaired) electrons. The molecule has 5 rings (SSSR count). The molecule has 0 aromatic carbocycles. The average Bonchev–Trinajstić information content (AvgIpc) is 2.68. The van der Waals surface area contributed by atoms with E-state index in [1.165, 1.54) is 32.1 Å². The van der Waals surface area contributed by atoms with Gasteiger partial charge in [-0.15, -0.1) is 0 Å². The fraction of sp³-hybridized carbons (Fsp3) is 0.867. The maximum absolute atomic E-state index is 6.56. The van der Waals surface area contributed by atoms with E-state index in [-0.39, 0.29) is 6.04 Å². The number of aryl methyl sites for hydroxylation is 2. The molecule has 4 aliphatic rings. The van der Waals surface area contributed by atoms with Crippen LogP contribution in [0.25, 0.3) is 0 Å². The lowest BCUT2D eigenvalue weighted by Gasteiger charge is -2.55. The second kappa shape index (κ2) is 4.05. The first-order valence-electron chi connectivity index (χ1n) is 7.75. The summed E-state index contributed by atoms with van der Waals surface area (Å²) in [5, 5.41) is 4.52. The third-order valence-electron chi connectivity index (χ3n) is 6.01. The van der Waals surface area contributed by atoms with Gasteiger partial charge in [-0.1, -0.05) is 0 Å². The highest BCUT2D eigenvalue weighted by atomic mass is 15.3. The molecule has 0 saturated heterocycles. The van der Waals surface area contributed by atoms with Crippen molar-refractivity contribution in [2.75, 3.05) is 0 Å². The number of hydrogen-bond acceptors (Lipinski definition) is 3. The Labute approximate surface area is 114 Å². The molecule has 1 aromatic rings. The van der Waals surface area contributed by atoms with Crippen molar-refractivity contribution in [2.45, 2.75) is 45.1 Å². The summed E-state index contributed by atoms with van der Waals surface area (Å²) >= 11 is 0. The van der Waals surface area contributed by atoms with Crippen LogP contribution < -0.4 is 5.73 Å². The summed E-state index contributed by atoms with van der Waals surface area (Å²) in [6, 6.07) is 0.0508. The molecule has 4 heteroatoms. The summed E-state index contributed by atoms with van der Waals surface area (Å²) in [6.07, 6.45) is 7.15. The lowest BCUT2D eigenvalue weighted by molar-refractivity contribution is -0.0482. The average molecular weight is 260 g/mol.